The molecule has 1 aliphatic carbocycles. The third-order valence-electron chi connectivity index (χ3n) is 6.46. The number of esters is 1. The molecule has 2 heterocycles. The molecule has 8 heteroatoms. The number of benzene rings is 3. The van der Waals surface area contributed by atoms with Crippen LogP contribution in [-0.4, -0.2) is 20.9 Å². The van der Waals surface area contributed by atoms with E-state index in [1.54, 1.807) is 12.1 Å². The summed E-state index contributed by atoms with van der Waals surface area (Å²) in [4.78, 5) is 33.9. The van der Waals surface area contributed by atoms with Gasteiger partial charge in [0.1, 0.15) is 11.6 Å². The minimum absolute atomic E-state index is 0.0379. The van der Waals surface area contributed by atoms with E-state index in [1.165, 1.54) is 17.4 Å². The van der Waals surface area contributed by atoms with Crippen molar-refractivity contribution in [3.63, 3.8) is 0 Å². The number of hydrogen-bond acceptors (Lipinski definition) is 7. The lowest BCUT2D eigenvalue weighted by Crippen LogP contribution is -2.15. The highest BCUT2D eigenvalue weighted by atomic mass is 32.1. The number of rotatable bonds is 5. The highest BCUT2D eigenvalue weighted by Gasteiger charge is 2.26. The molecular formula is C29H21N3O4S. The summed E-state index contributed by atoms with van der Waals surface area (Å²) < 4.78 is 6.85. The lowest BCUT2D eigenvalue weighted by atomic mass is 9.86. The van der Waals surface area contributed by atoms with Crippen molar-refractivity contribution in [1.29, 1.82) is 0 Å². The third kappa shape index (κ3) is 4.47. The van der Waals surface area contributed by atoms with Crippen LogP contribution in [0.1, 0.15) is 45.0 Å². The molecule has 3 aromatic carbocycles. The van der Waals surface area contributed by atoms with Crippen molar-refractivity contribution in [2.24, 2.45) is 0 Å². The van der Waals surface area contributed by atoms with Crippen LogP contribution in [0, 0.1) is 10.1 Å². The van der Waals surface area contributed by atoms with Crippen LogP contribution in [-0.2, 0) is 17.8 Å². The zero-order valence-corrected chi connectivity index (χ0v) is 20.5. The SMILES string of the molecule is O=C(OCc1nc2ccccc2s1)c1c2c(nc3ccccc13)/C(=C\c1cccc([N+](=O)[O-])c1)CCC2. The molecule has 6 rings (SSSR count). The number of hydrogen-bond donors (Lipinski definition) is 0. The molecule has 0 atom stereocenters. The van der Waals surface area contributed by atoms with Crippen LogP contribution in [0.2, 0.25) is 0 Å². The van der Waals surface area contributed by atoms with Crippen LogP contribution in [0.25, 0.3) is 32.8 Å². The molecule has 2 aromatic heterocycles. The number of nitrogens with zero attached hydrogens (tertiary/aromatic N) is 3. The molecule has 0 N–H and O–H groups in total. The lowest BCUT2D eigenvalue weighted by Gasteiger charge is -2.22. The first kappa shape index (κ1) is 23.0. The van der Waals surface area contributed by atoms with Crippen molar-refractivity contribution in [3.05, 3.63) is 110 Å². The largest absolute Gasteiger partial charge is 0.455 e. The van der Waals surface area contributed by atoms with Crippen molar-refractivity contribution in [2.45, 2.75) is 25.9 Å². The molecule has 0 spiro atoms. The minimum Gasteiger partial charge on any atom is -0.455 e. The molecule has 5 aromatic rings. The number of aromatic nitrogens is 2. The number of non-ortho nitro benzene ring substituents is 1. The van der Waals surface area contributed by atoms with Gasteiger partial charge >= 0.3 is 5.97 Å². The first-order valence-corrected chi connectivity index (χ1v) is 12.8. The van der Waals surface area contributed by atoms with E-state index < -0.39 is 10.9 Å². The van der Waals surface area contributed by atoms with Gasteiger partial charge in [-0.1, -0.05) is 42.5 Å². The predicted octanol–water partition coefficient (Wildman–Crippen LogP) is 6.99. The summed E-state index contributed by atoms with van der Waals surface area (Å²) in [7, 11) is 0. The minimum atomic E-state index is -0.401. The fourth-order valence-electron chi connectivity index (χ4n) is 4.82. The van der Waals surface area contributed by atoms with Gasteiger partial charge in [0, 0.05) is 17.5 Å². The number of ether oxygens (including phenoxy) is 1. The Hall–Kier alpha value is -4.43. The van der Waals surface area contributed by atoms with E-state index in [4.69, 9.17) is 9.72 Å². The maximum Gasteiger partial charge on any atom is 0.339 e. The zero-order valence-electron chi connectivity index (χ0n) is 19.7. The molecule has 37 heavy (non-hydrogen) atoms. The molecule has 0 unspecified atom stereocenters. The molecule has 0 saturated carbocycles. The van der Waals surface area contributed by atoms with Gasteiger partial charge in [0.15, 0.2) is 0 Å². The monoisotopic (exact) mass is 507 g/mol. The van der Waals surface area contributed by atoms with E-state index in [9.17, 15) is 14.9 Å². The number of carbonyl (C=O) groups is 1. The van der Waals surface area contributed by atoms with Crippen LogP contribution >= 0.6 is 11.3 Å². The van der Waals surface area contributed by atoms with Crippen molar-refractivity contribution in [2.75, 3.05) is 0 Å². The summed E-state index contributed by atoms with van der Waals surface area (Å²) in [5, 5.41) is 12.7. The van der Waals surface area contributed by atoms with Crippen molar-refractivity contribution >= 4 is 55.8 Å². The Balaban J connectivity index is 1.39. The number of nitro benzene ring substituents is 1. The topological polar surface area (TPSA) is 95.2 Å². The standard InChI is InChI=1S/C29H21N3O4S/c33-29(36-17-26-30-24-13-3-4-14-25(24)37-26)27-21-10-1-2-12-23(21)31-28-19(8-6-11-22(27)28)15-18-7-5-9-20(16-18)32(34)35/h1-5,7,9-10,12-16H,6,8,11,17H2/b19-15-. The van der Waals surface area contributed by atoms with Gasteiger partial charge < -0.3 is 4.74 Å². The number of allylic oxidation sites excluding steroid dienone is 1. The summed E-state index contributed by atoms with van der Waals surface area (Å²) in [5.74, 6) is -0.397. The Labute approximate surface area is 216 Å². The molecule has 1 aliphatic rings. The predicted molar refractivity (Wildman–Crippen MR) is 144 cm³/mol. The summed E-state index contributed by atoms with van der Waals surface area (Å²) >= 11 is 1.51. The van der Waals surface area contributed by atoms with Gasteiger partial charge in [-0.15, -0.1) is 11.3 Å². The fraction of sp³-hybridized carbons (Fsp3) is 0.138. The second-order valence-electron chi connectivity index (χ2n) is 8.86. The Morgan fingerprint density at radius 1 is 1.00 bits per heavy atom. The lowest BCUT2D eigenvalue weighted by molar-refractivity contribution is -0.384. The Morgan fingerprint density at radius 2 is 1.81 bits per heavy atom. The molecule has 0 bridgehead atoms. The molecule has 7 nitrogen and oxygen atoms in total. The van der Waals surface area contributed by atoms with E-state index >= 15 is 0 Å². The Morgan fingerprint density at radius 3 is 2.65 bits per heavy atom. The summed E-state index contributed by atoms with van der Waals surface area (Å²) in [5.41, 5.74) is 5.46. The highest BCUT2D eigenvalue weighted by molar-refractivity contribution is 7.18. The molecule has 0 fully saturated rings. The fourth-order valence-corrected chi connectivity index (χ4v) is 5.70. The Bertz CT molecular complexity index is 1690. The van der Waals surface area contributed by atoms with Gasteiger partial charge in [-0.25, -0.2) is 14.8 Å². The van der Waals surface area contributed by atoms with Crippen LogP contribution in [0.15, 0.2) is 72.8 Å². The number of nitro groups is 1. The molecule has 0 radical (unpaired) electrons. The zero-order chi connectivity index (χ0) is 25.4. The van der Waals surface area contributed by atoms with Gasteiger partial charge in [0.05, 0.1) is 31.9 Å². The second-order valence-corrected chi connectivity index (χ2v) is 9.97. The van der Waals surface area contributed by atoms with Crippen LogP contribution in [0.3, 0.4) is 0 Å². The molecule has 0 saturated heterocycles. The second kappa shape index (κ2) is 9.55. The maximum absolute atomic E-state index is 13.5. The van der Waals surface area contributed by atoms with E-state index in [0.29, 0.717) is 17.5 Å². The van der Waals surface area contributed by atoms with Gasteiger partial charge in [-0.3, -0.25) is 10.1 Å². The summed E-state index contributed by atoms with van der Waals surface area (Å²) in [6, 6.07) is 22.0. The number of para-hydroxylation sites is 2. The number of carbonyl (C=O) groups excluding carboxylic acids is 1. The van der Waals surface area contributed by atoms with Gasteiger partial charge in [-0.05, 0) is 60.2 Å². The molecular weight excluding hydrogens is 486 g/mol. The van der Waals surface area contributed by atoms with Crippen molar-refractivity contribution in [1.82, 2.24) is 9.97 Å². The quantitative estimate of drug-likeness (QED) is 0.145. The summed E-state index contributed by atoms with van der Waals surface area (Å²) in [6.07, 6.45) is 4.24. The van der Waals surface area contributed by atoms with E-state index in [1.807, 2.05) is 60.7 Å². The smallest absolute Gasteiger partial charge is 0.339 e. The van der Waals surface area contributed by atoms with Crippen molar-refractivity contribution < 1.29 is 14.5 Å². The van der Waals surface area contributed by atoms with E-state index in [2.05, 4.69) is 4.98 Å². The maximum atomic E-state index is 13.5. The first-order valence-electron chi connectivity index (χ1n) is 12.0. The molecule has 0 aliphatic heterocycles. The highest BCUT2D eigenvalue weighted by Crippen LogP contribution is 2.37. The van der Waals surface area contributed by atoms with Crippen LogP contribution in [0.5, 0.6) is 0 Å². The van der Waals surface area contributed by atoms with Crippen LogP contribution < -0.4 is 0 Å². The van der Waals surface area contributed by atoms with E-state index in [-0.39, 0.29) is 12.3 Å². The van der Waals surface area contributed by atoms with E-state index in [0.717, 1.165) is 55.8 Å². The van der Waals surface area contributed by atoms with Crippen LogP contribution in [0.4, 0.5) is 5.69 Å². The Kier molecular flexibility index (Phi) is 5.94. The molecule has 182 valence electrons. The van der Waals surface area contributed by atoms with Gasteiger partial charge in [0.2, 0.25) is 0 Å². The van der Waals surface area contributed by atoms with Crippen molar-refractivity contribution in [3.8, 4) is 0 Å². The van der Waals surface area contributed by atoms with Gasteiger partial charge in [0.25, 0.3) is 5.69 Å². The average molecular weight is 508 g/mol. The first-order chi connectivity index (χ1) is 18.1. The summed E-state index contributed by atoms with van der Waals surface area (Å²) in [6.45, 7) is 0.0972. The number of pyridine rings is 1. The average Bonchev–Trinajstić information content (AvgIpc) is 3.34. The third-order valence-corrected chi connectivity index (χ3v) is 7.47. The number of thiazole rings is 1. The van der Waals surface area contributed by atoms with Gasteiger partial charge in [-0.2, -0.15) is 0 Å². The number of fused-ring (bicyclic) bond motifs is 3. The molecule has 0 amide bonds. The normalized spacial score (nSPS) is 14.1.